The minimum absolute atomic E-state index is 0.0519. The van der Waals surface area contributed by atoms with Crippen molar-refractivity contribution in [3.63, 3.8) is 0 Å². The average Bonchev–Trinajstić information content (AvgIpc) is 2.70. The summed E-state index contributed by atoms with van der Waals surface area (Å²) in [6.07, 6.45) is 0.491. The van der Waals surface area contributed by atoms with E-state index >= 15 is 0 Å². The molecule has 0 saturated heterocycles. The monoisotopic (exact) mass is 383 g/mol. The highest BCUT2D eigenvalue weighted by molar-refractivity contribution is 5.98. The molecule has 2 aromatic rings. The van der Waals surface area contributed by atoms with Crippen LogP contribution in [0.3, 0.4) is 0 Å². The fraction of sp³-hybridized carbons (Fsp3) is 0.391. The molecular formula is C23H29NO4. The Hall–Kier alpha value is -2.66. The molecule has 28 heavy (non-hydrogen) atoms. The zero-order chi connectivity index (χ0) is 20.4. The van der Waals surface area contributed by atoms with Crippen molar-refractivity contribution < 1.29 is 19.1 Å². The Balaban J connectivity index is 1.80. The minimum atomic E-state index is -0.140. The summed E-state index contributed by atoms with van der Waals surface area (Å²) in [6.45, 7) is 7.42. The van der Waals surface area contributed by atoms with Crippen molar-refractivity contribution in [1.82, 2.24) is 5.32 Å². The van der Waals surface area contributed by atoms with E-state index in [1.807, 2.05) is 45.0 Å². The molecule has 0 aliphatic rings. The van der Waals surface area contributed by atoms with Gasteiger partial charge in [-0.25, -0.2) is 0 Å². The zero-order valence-corrected chi connectivity index (χ0v) is 16.9. The molecule has 5 heteroatoms. The van der Waals surface area contributed by atoms with Gasteiger partial charge in [0.15, 0.2) is 5.78 Å². The molecule has 0 radical (unpaired) electrons. The first-order valence-corrected chi connectivity index (χ1v) is 9.70. The maximum atomic E-state index is 12.3. The smallest absolute Gasteiger partial charge is 0.220 e. The number of benzene rings is 2. The Bertz CT molecular complexity index is 768. The molecule has 0 unspecified atom stereocenters. The number of Topliss-reactive ketones (excluding diaryl/α,β-unsaturated/α-hetero) is 1. The summed E-state index contributed by atoms with van der Waals surface area (Å²) in [5.74, 6) is 0.541. The lowest BCUT2D eigenvalue weighted by Crippen LogP contribution is -2.24. The summed E-state index contributed by atoms with van der Waals surface area (Å²) in [4.78, 5) is 24.4. The van der Waals surface area contributed by atoms with E-state index in [0.29, 0.717) is 25.3 Å². The van der Waals surface area contributed by atoms with Crippen molar-refractivity contribution >= 4 is 11.7 Å². The van der Waals surface area contributed by atoms with Crippen LogP contribution in [0.25, 0.3) is 0 Å². The van der Waals surface area contributed by atoms with Crippen molar-refractivity contribution in [2.45, 2.75) is 52.9 Å². The number of rotatable bonds is 11. The van der Waals surface area contributed by atoms with Gasteiger partial charge in [0.25, 0.3) is 0 Å². The first-order valence-electron chi connectivity index (χ1n) is 9.70. The summed E-state index contributed by atoms with van der Waals surface area (Å²) < 4.78 is 11.0. The molecule has 1 amide bonds. The van der Waals surface area contributed by atoms with Crippen molar-refractivity contribution in [3.05, 3.63) is 65.2 Å². The van der Waals surface area contributed by atoms with E-state index in [9.17, 15) is 9.59 Å². The second-order valence-corrected chi connectivity index (χ2v) is 6.79. The minimum Gasteiger partial charge on any atom is -0.494 e. The van der Waals surface area contributed by atoms with Crippen LogP contribution in [-0.4, -0.2) is 24.4 Å². The number of hydrogen-bond acceptors (Lipinski definition) is 4. The van der Waals surface area contributed by atoms with Crippen LogP contribution in [0.1, 0.15) is 55.1 Å². The first kappa shape index (κ1) is 21.6. The third kappa shape index (κ3) is 7.16. The highest BCUT2D eigenvalue weighted by Crippen LogP contribution is 2.14. The molecule has 0 aromatic heterocycles. The number of ketones is 1. The molecule has 150 valence electrons. The van der Waals surface area contributed by atoms with Gasteiger partial charge in [-0.1, -0.05) is 24.3 Å². The first-order chi connectivity index (χ1) is 13.5. The number of carbonyl (C=O) groups excluding carboxylic acids is 2. The number of nitrogens with one attached hydrogen (secondary N) is 1. The largest absolute Gasteiger partial charge is 0.494 e. The summed E-state index contributed by atoms with van der Waals surface area (Å²) in [5, 5.41) is 2.89. The highest BCUT2D eigenvalue weighted by atomic mass is 16.5. The van der Waals surface area contributed by atoms with E-state index in [1.165, 1.54) is 0 Å². The van der Waals surface area contributed by atoms with Gasteiger partial charge in [-0.2, -0.15) is 0 Å². The molecule has 0 aliphatic heterocycles. The summed E-state index contributed by atoms with van der Waals surface area (Å²) in [5.41, 5.74) is 2.67. The van der Waals surface area contributed by atoms with Crippen LogP contribution in [0.5, 0.6) is 5.75 Å². The Morgan fingerprint density at radius 3 is 2.29 bits per heavy atom. The highest BCUT2D eigenvalue weighted by Gasteiger charge is 2.10. The van der Waals surface area contributed by atoms with Gasteiger partial charge in [-0.15, -0.1) is 0 Å². The molecule has 0 saturated carbocycles. The standard InChI is InChI=1S/C23H29NO4/c1-4-27-21-11-9-18(10-12-21)22(25)13-14-23(26)24-15-19-7-5-6-8-20(19)16-28-17(2)3/h5-12,17H,4,13-16H2,1-3H3,(H,24,26). The van der Waals surface area contributed by atoms with Gasteiger partial charge in [0.05, 0.1) is 19.3 Å². The second-order valence-electron chi connectivity index (χ2n) is 6.79. The van der Waals surface area contributed by atoms with E-state index < -0.39 is 0 Å². The SMILES string of the molecule is CCOc1ccc(C(=O)CCC(=O)NCc2ccccc2COC(C)C)cc1. The number of carbonyl (C=O) groups is 2. The summed E-state index contributed by atoms with van der Waals surface area (Å²) in [6, 6.07) is 14.9. The second kappa shape index (κ2) is 11.2. The molecule has 0 fully saturated rings. The predicted molar refractivity (Wildman–Crippen MR) is 109 cm³/mol. The van der Waals surface area contributed by atoms with Gasteiger partial charge in [0.1, 0.15) is 5.75 Å². The maximum Gasteiger partial charge on any atom is 0.220 e. The fourth-order valence-electron chi connectivity index (χ4n) is 2.68. The van der Waals surface area contributed by atoms with Crippen LogP contribution in [0.2, 0.25) is 0 Å². The van der Waals surface area contributed by atoms with Crippen LogP contribution < -0.4 is 10.1 Å². The van der Waals surface area contributed by atoms with Crippen LogP contribution in [0.4, 0.5) is 0 Å². The number of amides is 1. The van der Waals surface area contributed by atoms with E-state index in [1.54, 1.807) is 24.3 Å². The van der Waals surface area contributed by atoms with Crippen LogP contribution >= 0.6 is 0 Å². The van der Waals surface area contributed by atoms with Crippen molar-refractivity contribution in [3.8, 4) is 5.75 Å². The molecule has 0 atom stereocenters. The van der Waals surface area contributed by atoms with E-state index in [4.69, 9.17) is 9.47 Å². The molecule has 1 N–H and O–H groups in total. The Morgan fingerprint density at radius 2 is 1.64 bits per heavy atom. The lowest BCUT2D eigenvalue weighted by Gasteiger charge is -2.13. The third-order valence-corrected chi connectivity index (χ3v) is 4.23. The maximum absolute atomic E-state index is 12.3. The molecule has 0 aliphatic carbocycles. The van der Waals surface area contributed by atoms with Crippen LogP contribution in [0.15, 0.2) is 48.5 Å². The van der Waals surface area contributed by atoms with E-state index in [0.717, 1.165) is 16.9 Å². The van der Waals surface area contributed by atoms with Gasteiger partial charge in [-0.3, -0.25) is 9.59 Å². The molecule has 0 bridgehead atoms. The van der Waals surface area contributed by atoms with E-state index in [2.05, 4.69) is 5.32 Å². The Morgan fingerprint density at radius 1 is 0.964 bits per heavy atom. The van der Waals surface area contributed by atoms with Crippen molar-refractivity contribution in [2.24, 2.45) is 0 Å². The quantitative estimate of drug-likeness (QED) is 0.588. The van der Waals surface area contributed by atoms with E-state index in [-0.39, 0.29) is 30.6 Å². The predicted octanol–water partition coefficient (Wildman–Crippen LogP) is 4.29. The third-order valence-electron chi connectivity index (χ3n) is 4.23. The summed E-state index contributed by atoms with van der Waals surface area (Å²) in [7, 11) is 0. The molecule has 5 nitrogen and oxygen atoms in total. The summed E-state index contributed by atoms with van der Waals surface area (Å²) >= 11 is 0. The molecule has 2 rings (SSSR count). The molecule has 0 heterocycles. The van der Waals surface area contributed by atoms with Crippen molar-refractivity contribution in [1.29, 1.82) is 0 Å². The number of ether oxygens (including phenoxy) is 2. The molecular weight excluding hydrogens is 354 g/mol. The van der Waals surface area contributed by atoms with Crippen molar-refractivity contribution in [2.75, 3.05) is 6.61 Å². The van der Waals surface area contributed by atoms with Crippen LogP contribution in [0, 0.1) is 0 Å². The molecule has 2 aromatic carbocycles. The van der Waals surface area contributed by atoms with Gasteiger partial charge in [0, 0.05) is 24.9 Å². The Kier molecular flexibility index (Phi) is 8.69. The van der Waals surface area contributed by atoms with Gasteiger partial charge < -0.3 is 14.8 Å². The lowest BCUT2D eigenvalue weighted by atomic mass is 10.1. The Labute approximate surface area is 167 Å². The average molecular weight is 383 g/mol. The van der Waals surface area contributed by atoms with Crippen LogP contribution in [-0.2, 0) is 22.7 Å². The normalized spacial score (nSPS) is 10.7. The zero-order valence-electron chi connectivity index (χ0n) is 16.9. The van der Waals surface area contributed by atoms with Gasteiger partial charge in [-0.05, 0) is 56.2 Å². The fourth-order valence-corrected chi connectivity index (χ4v) is 2.68. The topological polar surface area (TPSA) is 64.6 Å². The van der Waals surface area contributed by atoms with Gasteiger partial charge >= 0.3 is 0 Å². The lowest BCUT2D eigenvalue weighted by molar-refractivity contribution is -0.121. The number of hydrogen-bond donors (Lipinski definition) is 1. The molecule has 0 spiro atoms. The van der Waals surface area contributed by atoms with Gasteiger partial charge in [0.2, 0.25) is 5.91 Å².